The molecule has 0 unspecified atom stereocenters. The molecule has 194 valence electrons. The van der Waals surface area contributed by atoms with Crippen LogP contribution in [0, 0.1) is 5.82 Å². The van der Waals surface area contributed by atoms with Gasteiger partial charge in [0.2, 0.25) is 0 Å². The Kier molecular flexibility index (Phi) is 6.23. The highest BCUT2D eigenvalue weighted by Gasteiger charge is 2.31. The molecule has 2 heterocycles. The van der Waals surface area contributed by atoms with E-state index in [1.165, 1.54) is 62.2 Å². The Balaban J connectivity index is 1.58. The van der Waals surface area contributed by atoms with E-state index in [-0.39, 0.29) is 44.4 Å². The van der Waals surface area contributed by atoms with Crippen molar-refractivity contribution in [2.75, 3.05) is 11.8 Å². The normalized spacial score (nSPS) is 12.0. The largest absolute Gasteiger partial charge is 0.496 e. The molecular formula is C25H16F4N4O4S. The number of hydrogen-bond donors (Lipinski definition) is 1. The second-order valence-electron chi connectivity index (χ2n) is 8.00. The fourth-order valence-electron chi connectivity index (χ4n) is 3.87. The van der Waals surface area contributed by atoms with Crippen molar-refractivity contribution in [3.8, 4) is 28.1 Å². The van der Waals surface area contributed by atoms with Gasteiger partial charge in [-0.3, -0.25) is 4.72 Å². The molecule has 0 aliphatic rings. The molecule has 0 amide bonds. The summed E-state index contributed by atoms with van der Waals surface area (Å²) in [6, 6.07) is 12.1. The van der Waals surface area contributed by atoms with Crippen molar-refractivity contribution in [2.45, 2.75) is 11.1 Å². The van der Waals surface area contributed by atoms with E-state index in [1.807, 2.05) is 0 Å². The maximum absolute atomic E-state index is 15.3. The van der Waals surface area contributed by atoms with Gasteiger partial charge in [0.15, 0.2) is 5.82 Å². The Morgan fingerprint density at radius 3 is 2.50 bits per heavy atom. The summed E-state index contributed by atoms with van der Waals surface area (Å²) in [4.78, 5) is 8.25. The first kappa shape index (κ1) is 25.1. The Labute approximate surface area is 213 Å². The number of alkyl halides is 3. The van der Waals surface area contributed by atoms with Gasteiger partial charge in [-0.25, -0.2) is 22.8 Å². The highest BCUT2D eigenvalue weighted by atomic mass is 32.2. The van der Waals surface area contributed by atoms with E-state index in [9.17, 15) is 21.6 Å². The quantitative estimate of drug-likeness (QED) is 0.265. The second kappa shape index (κ2) is 9.41. The van der Waals surface area contributed by atoms with Crippen LogP contribution in [0.5, 0.6) is 5.75 Å². The molecule has 0 atom stereocenters. The molecule has 0 saturated carbocycles. The minimum absolute atomic E-state index is 0.00505. The summed E-state index contributed by atoms with van der Waals surface area (Å²) < 4.78 is 92.6. The molecule has 8 nitrogen and oxygen atoms in total. The van der Waals surface area contributed by atoms with Gasteiger partial charge in [0.1, 0.15) is 24.2 Å². The van der Waals surface area contributed by atoms with Crippen LogP contribution >= 0.6 is 0 Å². The molecule has 2 aromatic heterocycles. The molecule has 0 spiro atoms. The van der Waals surface area contributed by atoms with Crippen molar-refractivity contribution in [3.63, 3.8) is 0 Å². The van der Waals surface area contributed by atoms with Gasteiger partial charge in [-0.1, -0.05) is 17.3 Å². The topological polar surface area (TPSA) is 107 Å². The van der Waals surface area contributed by atoms with Gasteiger partial charge in [0, 0.05) is 22.6 Å². The van der Waals surface area contributed by atoms with E-state index in [0.717, 1.165) is 18.2 Å². The van der Waals surface area contributed by atoms with Crippen LogP contribution < -0.4 is 9.46 Å². The third-order valence-corrected chi connectivity index (χ3v) is 6.99. The minimum atomic E-state index is -4.59. The van der Waals surface area contributed by atoms with Crippen LogP contribution in [0.15, 0.2) is 82.7 Å². The minimum Gasteiger partial charge on any atom is -0.496 e. The molecule has 0 saturated heterocycles. The van der Waals surface area contributed by atoms with Crippen molar-refractivity contribution in [2.24, 2.45) is 0 Å². The molecule has 0 aliphatic carbocycles. The highest BCUT2D eigenvalue weighted by Crippen LogP contribution is 2.39. The summed E-state index contributed by atoms with van der Waals surface area (Å²) in [6.07, 6.45) is -2.20. The van der Waals surface area contributed by atoms with Crippen LogP contribution in [-0.4, -0.2) is 30.7 Å². The van der Waals surface area contributed by atoms with Gasteiger partial charge in [-0.15, -0.1) is 0 Å². The predicted molar refractivity (Wildman–Crippen MR) is 129 cm³/mol. The van der Waals surface area contributed by atoms with E-state index in [1.54, 1.807) is 0 Å². The number of rotatable bonds is 6. The zero-order chi connectivity index (χ0) is 27.1. The fourth-order valence-corrected chi connectivity index (χ4v) is 4.88. The van der Waals surface area contributed by atoms with Gasteiger partial charge < -0.3 is 9.26 Å². The van der Waals surface area contributed by atoms with Crippen LogP contribution in [0.2, 0.25) is 0 Å². The lowest BCUT2D eigenvalue weighted by Crippen LogP contribution is -2.13. The Hall–Kier alpha value is -4.52. The van der Waals surface area contributed by atoms with E-state index < -0.39 is 27.6 Å². The molecule has 0 fully saturated rings. The summed E-state index contributed by atoms with van der Waals surface area (Å²) in [5.41, 5.74) is -0.323. The van der Waals surface area contributed by atoms with Gasteiger partial charge >= 0.3 is 6.18 Å². The van der Waals surface area contributed by atoms with Gasteiger partial charge in [0.25, 0.3) is 10.0 Å². The zero-order valence-electron chi connectivity index (χ0n) is 19.3. The number of benzene rings is 3. The number of sulfonamides is 1. The average Bonchev–Trinajstić information content (AvgIpc) is 3.40. The maximum atomic E-state index is 15.3. The fraction of sp³-hybridized carbons (Fsp3) is 0.0800. The van der Waals surface area contributed by atoms with E-state index in [2.05, 4.69) is 24.4 Å². The first-order valence-corrected chi connectivity index (χ1v) is 12.3. The van der Waals surface area contributed by atoms with Gasteiger partial charge in [-0.05, 0) is 48.0 Å². The molecule has 38 heavy (non-hydrogen) atoms. The van der Waals surface area contributed by atoms with Crippen molar-refractivity contribution in [1.29, 1.82) is 0 Å². The molecule has 0 bridgehead atoms. The SMILES string of the molecule is COc1cc(-c2cccc(C(F)(F)F)c2)c(F)cc1-c1ncnc2cc(S(=O)(=O)Nc3ccon3)ccc12. The van der Waals surface area contributed by atoms with Crippen molar-refractivity contribution in [1.82, 2.24) is 15.1 Å². The van der Waals surface area contributed by atoms with E-state index >= 15 is 4.39 Å². The number of anilines is 1. The Morgan fingerprint density at radius 1 is 0.974 bits per heavy atom. The number of hydrogen-bond acceptors (Lipinski definition) is 7. The lowest BCUT2D eigenvalue weighted by molar-refractivity contribution is -0.137. The number of methoxy groups -OCH3 is 1. The lowest BCUT2D eigenvalue weighted by Gasteiger charge is -2.15. The van der Waals surface area contributed by atoms with Crippen molar-refractivity contribution in [3.05, 3.63) is 84.6 Å². The number of aromatic nitrogens is 3. The third-order valence-electron chi connectivity index (χ3n) is 5.64. The van der Waals surface area contributed by atoms with Crippen LogP contribution in [0.1, 0.15) is 5.56 Å². The van der Waals surface area contributed by atoms with E-state index in [4.69, 9.17) is 4.74 Å². The standard InChI is InChI=1S/C25H16F4N4O4S/c1-36-22-12-18(14-3-2-4-15(9-14)25(27,28)29)20(26)11-19(22)24-17-6-5-16(10-21(17)30-13-31-24)38(34,35)33-23-7-8-37-32-23/h2-13H,1H3,(H,32,33). The monoisotopic (exact) mass is 544 g/mol. The zero-order valence-corrected chi connectivity index (χ0v) is 20.1. The molecule has 0 radical (unpaired) electrons. The summed E-state index contributed by atoms with van der Waals surface area (Å²) in [7, 11) is -2.69. The molecule has 13 heteroatoms. The Morgan fingerprint density at radius 2 is 1.79 bits per heavy atom. The van der Waals surface area contributed by atoms with Crippen molar-refractivity contribution < 1.29 is 35.2 Å². The number of nitrogens with zero attached hydrogens (tertiary/aromatic N) is 3. The lowest BCUT2D eigenvalue weighted by atomic mass is 9.98. The molecule has 5 rings (SSSR count). The summed E-state index contributed by atoms with van der Waals surface area (Å²) >= 11 is 0. The first-order chi connectivity index (χ1) is 18.1. The van der Waals surface area contributed by atoms with Crippen molar-refractivity contribution >= 4 is 26.7 Å². The molecule has 3 aromatic carbocycles. The van der Waals surface area contributed by atoms with Gasteiger partial charge in [-0.2, -0.15) is 13.2 Å². The highest BCUT2D eigenvalue weighted by molar-refractivity contribution is 7.92. The number of ether oxygens (including phenoxy) is 1. The summed E-state index contributed by atoms with van der Waals surface area (Å²) in [6.45, 7) is 0. The molecule has 1 N–H and O–H groups in total. The summed E-state index contributed by atoms with van der Waals surface area (Å²) in [5.74, 6) is -0.666. The molecule has 0 aliphatic heterocycles. The predicted octanol–water partition coefficient (Wildman–Crippen LogP) is 5.92. The Bertz CT molecular complexity index is 1760. The van der Waals surface area contributed by atoms with Crippen LogP contribution in [-0.2, 0) is 16.2 Å². The smallest absolute Gasteiger partial charge is 0.416 e. The number of halogens is 4. The maximum Gasteiger partial charge on any atom is 0.416 e. The second-order valence-corrected chi connectivity index (χ2v) is 9.68. The first-order valence-electron chi connectivity index (χ1n) is 10.8. The van der Waals surface area contributed by atoms with Crippen LogP contribution in [0.25, 0.3) is 33.3 Å². The van der Waals surface area contributed by atoms with E-state index in [0.29, 0.717) is 5.39 Å². The average molecular weight is 544 g/mol. The number of fused-ring (bicyclic) bond motifs is 1. The number of nitrogens with one attached hydrogen (secondary N) is 1. The molecular weight excluding hydrogens is 528 g/mol. The summed E-state index contributed by atoms with van der Waals surface area (Å²) in [5, 5.41) is 3.91. The molecule has 5 aromatic rings. The van der Waals surface area contributed by atoms with Crippen LogP contribution in [0.3, 0.4) is 0 Å². The third kappa shape index (κ3) is 4.75. The van der Waals surface area contributed by atoms with Crippen LogP contribution in [0.4, 0.5) is 23.4 Å². The van der Waals surface area contributed by atoms with Gasteiger partial charge in [0.05, 0.1) is 28.8 Å².